The average molecular weight is 1220 g/mol. The quantitative estimate of drug-likeness (QED) is 0.0419. The van der Waals surface area contributed by atoms with Gasteiger partial charge in [-0.15, -0.1) is 21.5 Å². The molecule has 454 valence electrons. The van der Waals surface area contributed by atoms with Crippen LogP contribution in [0.3, 0.4) is 0 Å². The van der Waals surface area contributed by atoms with E-state index in [2.05, 4.69) is 45.5 Å². The van der Waals surface area contributed by atoms with E-state index in [1.807, 2.05) is 103 Å². The van der Waals surface area contributed by atoms with Crippen molar-refractivity contribution in [1.82, 2.24) is 55.2 Å². The van der Waals surface area contributed by atoms with Gasteiger partial charge in [-0.3, -0.25) is 23.9 Å². The molecule has 86 heavy (non-hydrogen) atoms. The second-order valence-electron chi connectivity index (χ2n) is 25.5. The lowest BCUT2D eigenvalue weighted by molar-refractivity contribution is -0.144. The van der Waals surface area contributed by atoms with E-state index in [1.54, 1.807) is 47.1 Å². The van der Waals surface area contributed by atoms with Crippen LogP contribution in [0.5, 0.6) is 0 Å². The van der Waals surface area contributed by atoms with Crippen LogP contribution in [-0.4, -0.2) is 115 Å². The average Bonchev–Trinajstić information content (AvgIpc) is 1.68. The van der Waals surface area contributed by atoms with E-state index in [0.717, 1.165) is 67.5 Å². The van der Waals surface area contributed by atoms with Crippen molar-refractivity contribution in [2.45, 2.75) is 150 Å². The van der Waals surface area contributed by atoms with E-state index in [4.69, 9.17) is 10.1 Å². The Labute approximate surface area is 510 Å². The zero-order valence-electron chi connectivity index (χ0n) is 50.1. The number of anilines is 4. The number of aliphatic hydroxyl groups excluding tert-OH is 1. The lowest BCUT2D eigenvalue weighted by Crippen LogP contribution is -2.57. The van der Waals surface area contributed by atoms with Crippen LogP contribution in [-0.2, 0) is 31.0 Å². The number of likely N-dealkylation sites (tertiary alicyclic amines) is 1. The van der Waals surface area contributed by atoms with Crippen molar-refractivity contribution in [1.29, 1.82) is 0 Å². The summed E-state index contributed by atoms with van der Waals surface area (Å²) in [6.07, 6.45) is 9.15. The molecule has 4 unspecified atom stereocenters. The monoisotopic (exact) mass is 1220 g/mol. The molecule has 3 bridgehead atoms. The molecule has 11 rings (SSSR count). The van der Waals surface area contributed by atoms with E-state index in [1.165, 1.54) is 54.8 Å². The topological polar surface area (TPSA) is 260 Å². The molecule has 5 aromatic heterocycles. The molecular weight excluding hydrogens is 1150 g/mol. The number of nitrogens with zero attached hydrogens (tertiary/aromatic N) is 9. The number of sulfonamides is 1. The second-order valence-corrected chi connectivity index (χ2v) is 29.2. The minimum atomic E-state index is -4.22. The summed E-state index contributed by atoms with van der Waals surface area (Å²) in [6, 6.07) is 18.8. The molecule has 20 nitrogen and oxygen atoms in total. The fraction of sp³-hybridized carbons (Fsp3) is 0.492. The number of hydrogen-bond donors (Lipinski definition) is 5. The Kier molecular flexibility index (Phi) is 17.2. The highest BCUT2D eigenvalue weighted by molar-refractivity contribution is 7.90. The minimum Gasteiger partial charge on any atom is -0.391 e. The van der Waals surface area contributed by atoms with Crippen LogP contribution >= 0.6 is 22.7 Å². The number of unbranched alkanes of at least 4 members (excludes halogenated alkanes) is 2. The number of nitrogens with one attached hydrogen (secondary N) is 4. The van der Waals surface area contributed by atoms with Gasteiger partial charge in [0.15, 0.2) is 16.8 Å². The minimum absolute atomic E-state index is 0.00655. The normalized spacial score (nSPS) is 21.5. The van der Waals surface area contributed by atoms with Crippen molar-refractivity contribution < 1.29 is 32.7 Å². The summed E-state index contributed by atoms with van der Waals surface area (Å²) < 4.78 is 33.1. The van der Waals surface area contributed by atoms with Gasteiger partial charge in [0.05, 0.1) is 50.4 Å². The molecule has 7 aromatic rings. The van der Waals surface area contributed by atoms with Gasteiger partial charge in [-0.05, 0) is 155 Å². The van der Waals surface area contributed by atoms with Crippen LogP contribution in [0, 0.1) is 49.4 Å². The van der Waals surface area contributed by atoms with Crippen LogP contribution in [0.2, 0.25) is 0 Å². The standard InChI is InChI=1S/C63H77N13O7S3/c1-36-26-52(71-72-57(36)70-61-67-48-14-11-12-15-50(48)85-61)74(8)51-22-21-46(47-32-65-76(39(47)4)34-63-24-23-43-27-40(30-63)28-44(43)31-63)54(68-51)59(80)73-86(82,83)25-13-9-10-16-53(78)69-56(62(5,6)7)60(81)75-33-45(77)29-49(75)58(79)66-37(2)41-17-19-42(20-18-41)55-38(3)64-35-84-55/h11-12,14-15,17-22,26,32,35,37,40,43-45,49,56,77H,9-10,13,16,23-25,27-31,33-34H2,1-8H3,(H,66,79)(H,69,78)(H,73,80)(H,67,70,72)/t37-,40?,43?,44?,45+,49-,56+,63?/m0/s1. The maximum Gasteiger partial charge on any atom is 0.284 e. The molecule has 6 heterocycles. The van der Waals surface area contributed by atoms with Crippen LogP contribution in [0.15, 0.2) is 78.4 Å². The Hall–Kier alpha value is -7.21. The molecule has 1 aliphatic heterocycles. The number of hydrogen-bond acceptors (Lipinski definition) is 17. The highest BCUT2D eigenvalue weighted by Crippen LogP contribution is 2.61. The highest BCUT2D eigenvalue weighted by Gasteiger charge is 2.52. The van der Waals surface area contributed by atoms with Gasteiger partial charge in [0.2, 0.25) is 27.7 Å². The van der Waals surface area contributed by atoms with E-state index < -0.39 is 69.0 Å². The summed E-state index contributed by atoms with van der Waals surface area (Å²) in [6.45, 7) is 13.9. The van der Waals surface area contributed by atoms with Gasteiger partial charge >= 0.3 is 0 Å². The predicted molar refractivity (Wildman–Crippen MR) is 335 cm³/mol. The Morgan fingerprint density at radius 1 is 0.895 bits per heavy atom. The number of amides is 4. The molecule has 1 saturated heterocycles. The molecule has 8 atom stereocenters. The number of carbonyl (C=O) groups excluding carboxylic acids is 4. The molecule has 23 heteroatoms. The molecule has 0 radical (unpaired) electrons. The number of pyridine rings is 1. The first kappa shape index (κ1) is 60.5. The lowest BCUT2D eigenvalue weighted by atomic mass is 9.62. The summed E-state index contributed by atoms with van der Waals surface area (Å²) in [4.78, 5) is 74.3. The largest absolute Gasteiger partial charge is 0.391 e. The number of aromatic nitrogens is 7. The predicted octanol–water partition coefficient (Wildman–Crippen LogP) is 10.1. The van der Waals surface area contributed by atoms with Crippen molar-refractivity contribution in [2.24, 2.45) is 28.6 Å². The molecule has 4 aliphatic rings. The van der Waals surface area contributed by atoms with Crippen LogP contribution < -0.4 is 25.6 Å². The van der Waals surface area contributed by atoms with E-state index >= 15 is 0 Å². The number of aryl methyl sites for hydroxylation is 2. The van der Waals surface area contributed by atoms with Crippen molar-refractivity contribution >= 4 is 89.1 Å². The second kappa shape index (κ2) is 24.5. The van der Waals surface area contributed by atoms with Gasteiger partial charge in [-0.2, -0.15) is 5.10 Å². The van der Waals surface area contributed by atoms with Gasteiger partial charge in [-0.25, -0.2) is 28.1 Å². The van der Waals surface area contributed by atoms with Gasteiger partial charge in [0, 0.05) is 49.8 Å². The summed E-state index contributed by atoms with van der Waals surface area (Å²) in [5.41, 5.74) is 7.62. The van der Waals surface area contributed by atoms with Crippen LogP contribution in [0.4, 0.5) is 22.6 Å². The number of carbonyl (C=O) groups is 4. The number of benzene rings is 2. The first-order valence-electron chi connectivity index (χ1n) is 29.9. The van der Waals surface area contributed by atoms with Gasteiger partial charge in [-0.1, -0.05) is 74.9 Å². The number of thiazole rings is 2. The Balaban J connectivity index is 0.727. The number of rotatable bonds is 21. The summed E-state index contributed by atoms with van der Waals surface area (Å²) in [5.74, 6) is 1.10. The van der Waals surface area contributed by atoms with E-state index in [9.17, 15) is 32.7 Å². The van der Waals surface area contributed by atoms with Gasteiger partial charge in [0.1, 0.15) is 23.6 Å². The molecule has 2 aromatic carbocycles. The van der Waals surface area contributed by atoms with Crippen LogP contribution in [0.1, 0.15) is 137 Å². The zero-order chi connectivity index (χ0) is 60.8. The SMILES string of the molecule is Cc1cc(N(C)c2ccc(-c3cnn(CC45CCC6CC(CC6C4)C5)c3C)c(C(=O)NS(=O)(=O)CCCCCC(=O)N[C@H](C(=O)N3C[C@H](O)C[C@H]3C(=O)N[C@@H](C)c3ccc(-c4scnc4C)cc3)C(C)(C)C)n2)nnc1Nc1nc2ccccc2s1. The van der Waals surface area contributed by atoms with Gasteiger partial charge in [0.25, 0.3) is 5.91 Å². The van der Waals surface area contributed by atoms with Crippen molar-refractivity contribution in [3.63, 3.8) is 0 Å². The summed E-state index contributed by atoms with van der Waals surface area (Å²) in [5, 5.41) is 34.6. The van der Waals surface area contributed by atoms with Crippen molar-refractivity contribution in [2.75, 3.05) is 29.6 Å². The maximum atomic E-state index is 14.5. The Bertz CT molecular complexity index is 3770. The molecule has 0 spiro atoms. The fourth-order valence-electron chi connectivity index (χ4n) is 13.6. The Morgan fingerprint density at radius 2 is 1.67 bits per heavy atom. The summed E-state index contributed by atoms with van der Waals surface area (Å²) in [7, 11) is -2.46. The Morgan fingerprint density at radius 3 is 2.42 bits per heavy atom. The zero-order valence-corrected chi connectivity index (χ0v) is 52.5. The molecule has 4 fully saturated rings. The molecule has 5 N–H and O–H groups in total. The third-order valence-electron chi connectivity index (χ3n) is 18.2. The third kappa shape index (κ3) is 13.1. The number of para-hydroxylation sites is 1. The fourth-order valence-corrected chi connectivity index (χ4v) is 16.4. The smallest absolute Gasteiger partial charge is 0.284 e. The lowest BCUT2D eigenvalue weighted by Gasteiger charge is -2.45. The van der Waals surface area contributed by atoms with E-state index in [-0.39, 0.29) is 36.9 Å². The summed E-state index contributed by atoms with van der Waals surface area (Å²) >= 11 is 3.07. The van der Waals surface area contributed by atoms with Crippen molar-refractivity contribution in [3.05, 3.63) is 107 Å². The highest BCUT2D eigenvalue weighted by atomic mass is 32.2. The molecule has 3 saturated carbocycles. The molecule has 3 aliphatic carbocycles. The van der Waals surface area contributed by atoms with E-state index in [0.29, 0.717) is 46.6 Å². The van der Waals surface area contributed by atoms with Gasteiger partial charge < -0.3 is 30.9 Å². The van der Waals surface area contributed by atoms with Crippen molar-refractivity contribution in [3.8, 4) is 21.6 Å². The first-order chi connectivity index (χ1) is 41.0. The number of fused-ring (bicyclic) bond motifs is 3. The third-order valence-corrected chi connectivity index (χ3v) is 21.4. The molecule has 4 amide bonds. The number of aliphatic hydroxyl groups is 1. The number of β-amino-alcohol motifs (C(OH)–C–C–N with tert-alkyl or cyclic N) is 1. The first-order valence-corrected chi connectivity index (χ1v) is 33.2. The molecular formula is C63H77N13O7S3. The van der Waals surface area contributed by atoms with Crippen LogP contribution in [0.25, 0.3) is 31.8 Å². The maximum absolute atomic E-state index is 14.5.